The van der Waals surface area contributed by atoms with Gasteiger partial charge in [-0.1, -0.05) is 0 Å². The first-order valence-electron chi connectivity index (χ1n) is 6.39. The molecule has 3 rings (SSSR count). The van der Waals surface area contributed by atoms with E-state index in [-0.39, 0.29) is 11.7 Å². The third-order valence-corrected chi connectivity index (χ3v) is 3.88. The Balaban J connectivity index is 1.80. The Morgan fingerprint density at radius 2 is 1.85 bits per heavy atom. The first-order chi connectivity index (χ1) is 9.43. The zero-order valence-electron chi connectivity index (χ0n) is 11.2. The van der Waals surface area contributed by atoms with Crippen LogP contribution in [0.25, 0.3) is 11.0 Å². The molecule has 1 aliphatic heterocycles. The molecule has 0 bridgehead atoms. The quantitative estimate of drug-likeness (QED) is 0.782. The highest BCUT2D eigenvalue weighted by Gasteiger charge is 2.28. The molecule has 0 atom stereocenters. The van der Waals surface area contributed by atoms with Gasteiger partial charge in [-0.2, -0.15) is 0 Å². The summed E-state index contributed by atoms with van der Waals surface area (Å²) in [5, 5.41) is 3.36. The third-order valence-electron chi connectivity index (χ3n) is 3.23. The number of imidazole rings is 1. The minimum Gasteiger partial charge on any atom is -0.377 e. The lowest BCUT2D eigenvalue weighted by molar-refractivity contribution is -0.247. The van der Waals surface area contributed by atoms with Crippen LogP contribution in [0.1, 0.15) is 13.8 Å². The molecule has 3 N–H and O–H groups in total. The average Bonchev–Trinajstić information content (AvgIpc) is 2.71. The number of ether oxygens (including phenoxy) is 2. The standard InChI is InChI=1S/C13H16BrN3O3/c1-13(2)19-5-7(6-20-13)15-9-4-11-10(3-8(9)14)16-12(18)17-11/h3-4,7,15H,5-6H2,1-2H3,(H2,16,17,18). The molecule has 7 heteroatoms. The molecule has 1 fully saturated rings. The number of hydrogen-bond donors (Lipinski definition) is 3. The van der Waals surface area contributed by atoms with Crippen LogP contribution in [-0.4, -0.2) is 35.0 Å². The van der Waals surface area contributed by atoms with Crippen LogP contribution in [-0.2, 0) is 9.47 Å². The zero-order valence-corrected chi connectivity index (χ0v) is 12.8. The lowest BCUT2D eigenvalue weighted by atomic mass is 10.2. The van der Waals surface area contributed by atoms with Gasteiger partial charge in [-0.05, 0) is 41.9 Å². The van der Waals surface area contributed by atoms with Gasteiger partial charge in [-0.25, -0.2) is 4.79 Å². The highest BCUT2D eigenvalue weighted by Crippen LogP contribution is 2.28. The topological polar surface area (TPSA) is 79.1 Å². The van der Waals surface area contributed by atoms with Crippen LogP contribution in [0.5, 0.6) is 0 Å². The number of rotatable bonds is 2. The van der Waals surface area contributed by atoms with Gasteiger partial charge in [0.1, 0.15) is 0 Å². The van der Waals surface area contributed by atoms with Crippen LogP contribution < -0.4 is 11.0 Å². The van der Waals surface area contributed by atoms with Crippen molar-refractivity contribution in [2.24, 2.45) is 0 Å². The fraction of sp³-hybridized carbons (Fsp3) is 0.462. The number of halogens is 1. The summed E-state index contributed by atoms with van der Waals surface area (Å²) in [5.41, 5.74) is 2.21. The van der Waals surface area contributed by atoms with Gasteiger partial charge in [0.2, 0.25) is 0 Å². The van der Waals surface area contributed by atoms with Gasteiger partial charge in [0.15, 0.2) is 5.79 Å². The monoisotopic (exact) mass is 341 g/mol. The summed E-state index contributed by atoms with van der Waals surface area (Å²) in [6.07, 6.45) is 0. The van der Waals surface area contributed by atoms with Crippen molar-refractivity contribution < 1.29 is 9.47 Å². The highest BCUT2D eigenvalue weighted by atomic mass is 79.9. The molecule has 2 aromatic rings. The first kappa shape index (κ1) is 13.7. The molecule has 0 aliphatic carbocycles. The van der Waals surface area contributed by atoms with E-state index in [0.29, 0.717) is 13.2 Å². The van der Waals surface area contributed by atoms with Crippen molar-refractivity contribution in [3.05, 3.63) is 27.1 Å². The average molecular weight is 342 g/mol. The Hall–Kier alpha value is -1.31. The first-order valence-corrected chi connectivity index (χ1v) is 7.18. The predicted octanol–water partition coefficient (Wildman–Crippen LogP) is 2.18. The van der Waals surface area contributed by atoms with Crippen LogP contribution in [0.15, 0.2) is 21.4 Å². The summed E-state index contributed by atoms with van der Waals surface area (Å²) in [4.78, 5) is 16.8. The molecule has 2 heterocycles. The Morgan fingerprint density at radius 3 is 2.50 bits per heavy atom. The number of nitrogens with one attached hydrogen (secondary N) is 3. The lowest BCUT2D eigenvalue weighted by Crippen LogP contribution is -2.45. The van der Waals surface area contributed by atoms with Crippen molar-refractivity contribution in [1.82, 2.24) is 9.97 Å². The van der Waals surface area contributed by atoms with Gasteiger partial charge in [0.25, 0.3) is 0 Å². The number of fused-ring (bicyclic) bond motifs is 1. The summed E-state index contributed by atoms with van der Waals surface area (Å²) in [5.74, 6) is -0.523. The predicted molar refractivity (Wildman–Crippen MR) is 80.0 cm³/mol. The summed E-state index contributed by atoms with van der Waals surface area (Å²) in [7, 11) is 0. The Morgan fingerprint density at radius 1 is 1.25 bits per heavy atom. The molecule has 1 aromatic carbocycles. The molecule has 0 unspecified atom stereocenters. The second-order valence-electron chi connectivity index (χ2n) is 5.32. The molecule has 1 aromatic heterocycles. The number of aromatic amines is 2. The van der Waals surface area contributed by atoms with E-state index in [2.05, 4.69) is 31.2 Å². The van der Waals surface area contributed by atoms with E-state index in [1.165, 1.54) is 0 Å². The minimum absolute atomic E-state index is 0.0717. The van der Waals surface area contributed by atoms with E-state index in [4.69, 9.17) is 9.47 Å². The van der Waals surface area contributed by atoms with E-state index >= 15 is 0 Å². The van der Waals surface area contributed by atoms with E-state index < -0.39 is 5.79 Å². The molecule has 1 saturated heterocycles. The molecule has 0 saturated carbocycles. The van der Waals surface area contributed by atoms with Crippen LogP contribution in [0.2, 0.25) is 0 Å². The maximum Gasteiger partial charge on any atom is 0.323 e. The van der Waals surface area contributed by atoms with Crippen molar-refractivity contribution in [2.45, 2.75) is 25.7 Å². The van der Waals surface area contributed by atoms with Gasteiger partial charge in [0.05, 0.1) is 36.0 Å². The molecule has 0 radical (unpaired) electrons. The summed E-state index contributed by atoms with van der Waals surface area (Å²) >= 11 is 3.50. The van der Waals surface area contributed by atoms with Crippen molar-refractivity contribution in [3.8, 4) is 0 Å². The normalized spacial score (nSPS) is 19.4. The molecular weight excluding hydrogens is 326 g/mol. The zero-order chi connectivity index (χ0) is 14.3. The molecule has 6 nitrogen and oxygen atoms in total. The minimum atomic E-state index is -0.523. The number of anilines is 1. The van der Waals surface area contributed by atoms with E-state index in [0.717, 1.165) is 21.2 Å². The molecular formula is C13H16BrN3O3. The number of H-pyrrole nitrogens is 2. The Labute approximate surface area is 124 Å². The van der Waals surface area contributed by atoms with Crippen molar-refractivity contribution >= 4 is 32.7 Å². The Kier molecular flexibility index (Phi) is 3.35. The van der Waals surface area contributed by atoms with Crippen molar-refractivity contribution in [1.29, 1.82) is 0 Å². The highest BCUT2D eigenvalue weighted by molar-refractivity contribution is 9.10. The van der Waals surface area contributed by atoms with Crippen LogP contribution in [0, 0.1) is 0 Å². The smallest absolute Gasteiger partial charge is 0.323 e. The summed E-state index contributed by atoms with van der Waals surface area (Å²) in [6.45, 7) is 4.94. The maximum atomic E-state index is 11.3. The van der Waals surface area contributed by atoms with Crippen LogP contribution in [0.3, 0.4) is 0 Å². The lowest BCUT2D eigenvalue weighted by Gasteiger charge is -2.35. The van der Waals surface area contributed by atoms with Crippen LogP contribution >= 0.6 is 15.9 Å². The third kappa shape index (κ3) is 2.74. The Bertz CT molecular complexity index is 682. The number of benzene rings is 1. The van der Waals surface area contributed by atoms with Gasteiger partial charge >= 0.3 is 5.69 Å². The summed E-state index contributed by atoms with van der Waals surface area (Å²) < 4.78 is 12.1. The SMILES string of the molecule is CC1(C)OCC(Nc2cc3[nH]c(=O)[nH]c3cc2Br)CO1. The van der Waals surface area contributed by atoms with Gasteiger partial charge in [-0.15, -0.1) is 0 Å². The summed E-state index contributed by atoms with van der Waals surface area (Å²) in [6, 6.07) is 3.82. The van der Waals surface area contributed by atoms with Crippen molar-refractivity contribution in [2.75, 3.05) is 18.5 Å². The second kappa shape index (κ2) is 4.91. The maximum absolute atomic E-state index is 11.3. The molecule has 20 heavy (non-hydrogen) atoms. The second-order valence-corrected chi connectivity index (χ2v) is 6.17. The van der Waals surface area contributed by atoms with Gasteiger partial charge in [-0.3, -0.25) is 0 Å². The molecule has 0 spiro atoms. The largest absolute Gasteiger partial charge is 0.377 e. The van der Waals surface area contributed by atoms with Gasteiger partial charge in [0, 0.05) is 4.47 Å². The van der Waals surface area contributed by atoms with Crippen molar-refractivity contribution in [3.63, 3.8) is 0 Å². The fourth-order valence-electron chi connectivity index (χ4n) is 2.16. The van der Waals surface area contributed by atoms with Crippen LogP contribution in [0.4, 0.5) is 5.69 Å². The van der Waals surface area contributed by atoms with E-state index in [1.54, 1.807) is 0 Å². The fourth-order valence-corrected chi connectivity index (χ4v) is 2.62. The van der Waals surface area contributed by atoms with E-state index in [1.807, 2.05) is 26.0 Å². The number of aromatic nitrogens is 2. The molecule has 1 aliphatic rings. The van der Waals surface area contributed by atoms with Gasteiger partial charge < -0.3 is 24.8 Å². The molecule has 108 valence electrons. The molecule has 0 amide bonds. The number of hydrogen-bond acceptors (Lipinski definition) is 4. The van der Waals surface area contributed by atoms with E-state index in [9.17, 15) is 4.79 Å².